The van der Waals surface area contributed by atoms with E-state index < -0.39 is 11.9 Å². The Labute approximate surface area is 191 Å². The lowest BCUT2D eigenvalue weighted by molar-refractivity contribution is 0.0926. The number of likely N-dealkylation sites (N-methyl/N-ethyl adjacent to an activating group) is 1. The molecule has 3 rings (SSSR count). The Bertz CT molecular complexity index is 1030. The predicted molar refractivity (Wildman–Crippen MR) is 124 cm³/mol. The molecule has 0 bridgehead atoms. The molecule has 2 N–H and O–H groups in total. The minimum atomic E-state index is -0.478. The number of hydrogen-bond acceptors (Lipinski definition) is 6. The highest BCUT2D eigenvalue weighted by atomic mass is 32.1. The Balaban J connectivity index is 1.43. The topological polar surface area (TPSA) is 92.8 Å². The third-order valence-corrected chi connectivity index (χ3v) is 5.62. The van der Waals surface area contributed by atoms with Crippen molar-refractivity contribution in [2.45, 2.75) is 13.3 Å². The van der Waals surface area contributed by atoms with E-state index in [0.29, 0.717) is 18.9 Å². The van der Waals surface area contributed by atoms with Gasteiger partial charge in [0.1, 0.15) is 28.8 Å². The fourth-order valence-electron chi connectivity index (χ4n) is 2.74. The molecule has 0 saturated carbocycles. The maximum absolute atomic E-state index is 12.3. The second-order valence-electron chi connectivity index (χ2n) is 6.92. The summed E-state index contributed by atoms with van der Waals surface area (Å²) in [5.41, 5.74) is 7.22. The summed E-state index contributed by atoms with van der Waals surface area (Å²) in [5, 5.41) is 2.41. The van der Waals surface area contributed by atoms with Gasteiger partial charge in [-0.25, -0.2) is 15.2 Å². The highest BCUT2D eigenvalue weighted by Gasteiger charge is 2.14. The molecule has 0 radical (unpaired) electrons. The molecule has 0 aliphatic carbocycles. The zero-order valence-electron chi connectivity index (χ0n) is 18.3. The van der Waals surface area contributed by atoms with Crippen molar-refractivity contribution in [3.05, 3.63) is 65.2 Å². The molecule has 0 unspecified atom stereocenters. The summed E-state index contributed by atoms with van der Waals surface area (Å²) in [4.78, 5) is 30.3. The van der Waals surface area contributed by atoms with Gasteiger partial charge in [-0.1, -0.05) is 31.2 Å². The van der Waals surface area contributed by atoms with E-state index in [4.69, 9.17) is 9.47 Å². The number of aromatic nitrogens is 1. The van der Waals surface area contributed by atoms with Gasteiger partial charge in [0, 0.05) is 18.0 Å². The number of nitrogens with one attached hydrogen (secondary N) is 2. The molecule has 32 heavy (non-hydrogen) atoms. The van der Waals surface area contributed by atoms with Crippen molar-refractivity contribution >= 4 is 23.3 Å². The molecule has 0 saturated heterocycles. The van der Waals surface area contributed by atoms with E-state index >= 15 is 0 Å². The lowest BCUT2D eigenvalue weighted by Crippen LogP contribution is -2.48. The summed E-state index contributed by atoms with van der Waals surface area (Å²) in [6, 6.07) is 14.8. The summed E-state index contributed by atoms with van der Waals surface area (Å²) in [6.07, 6.45) is 0.966. The maximum Gasteiger partial charge on any atom is 0.335 e. The lowest BCUT2D eigenvalue weighted by Gasteiger charge is -2.18. The van der Waals surface area contributed by atoms with Gasteiger partial charge >= 0.3 is 6.03 Å². The van der Waals surface area contributed by atoms with Crippen LogP contribution in [-0.4, -0.2) is 49.1 Å². The SMILES string of the molecule is CCc1ccc(-c2nc(C(=O)NNC(=O)N(C)CCOc3ccc(OC)cc3)cs2)cc1. The Kier molecular flexibility index (Phi) is 8.04. The Hall–Kier alpha value is -3.59. The van der Waals surface area contributed by atoms with Gasteiger partial charge < -0.3 is 14.4 Å². The van der Waals surface area contributed by atoms with Crippen LogP contribution in [0.2, 0.25) is 0 Å². The largest absolute Gasteiger partial charge is 0.497 e. The highest BCUT2D eigenvalue weighted by Crippen LogP contribution is 2.24. The van der Waals surface area contributed by atoms with E-state index in [0.717, 1.165) is 22.7 Å². The molecule has 0 atom stereocenters. The number of urea groups is 1. The standard InChI is InChI=1S/C23H26N4O4S/c1-4-16-5-7-17(8-6-16)22-24-20(15-32-22)21(28)25-26-23(29)27(2)13-14-31-19-11-9-18(30-3)10-12-19/h5-12,15H,4,13-14H2,1-3H3,(H,25,28)(H,26,29). The quantitative estimate of drug-likeness (QED) is 0.506. The van der Waals surface area contributed by atoms with Crippen LogP contribution >= 0.6 is 11.3 Å². The third kappa shape index (κ3) is 6.21. The number of nitrogens with zero attached hydrogens (tertiary/aromatic N) is 2. The summed E-state index contributed by atoms with van der Waals surface area (Å²) in [7, 11) is 3.21. The second kappa shape index (κ2) is 11.1. The normalized spacial score (nSPS) is 10.3. The number of hydrazine groups is 1. The van der Waals surface area contributed by atoms with E-state index in [9.17, 15) is 9.59 Å². The van der Waals surface area contributed by atoms with Gasteiger partial charge in [0.2, 0.25) is 0 Å². The van der Waals surface area contributed by atoms with E-state index in [2.05, 4.69) is 22.8 Å². The minimum Gasteiger partial charge on any atom is -0.497 e. The average molecular weight is 455 g/mol. The first-order valence-corrected chi connectivity index (χ1v) is 11.0. The van der Waals surface area contributed by atoms with Crippen molar-refractivity contribution in [2.75, 3.05) is 27.3 Å². The van der Waals surface area contributed by atoms with Gasteiger partial charge in [-0.05, 0) is 36.2 Å². The molecule has 0 aliphatic rings. The van der Waals surface area contributed by atoms with E-state index in [1.807, 2.05) is 24.3 Å². The zero-order valence-corrected chi connectivity index (χ0v) is 19.1. The first kappa shape index (κ1) is 23.1. The monoisotopic (exact) mass is 454 g/mol. The number of carbonyl (C=O) groups is 2. The smallest absolute Gasteiger partial charge is 0.335 e. The van der Waals surface area contributed by atoms with Crippen LogP contribution in [-0.2, 0) is 6.42 Å². The predicted octanol–water partition coefficient (Wildman–Crippen LogP) is 3.75. The van der Waals surface area contributed by atoms with Gasteiger partial charge in [-0.3, -0.25) is 10.2 Å². The Morgan fingerprint density at radius 1 is 1.03 bits per heavy atom. The second-order valence-corrected chi connectivity index (χ2v) is 7.78. The number of benzene rings is 2. The first-order valence-electron chi connectivity index (χ1n) is 10.1. The summed E-state index contributed by atoms with van der Waals surface area (Å²) in [5.74, 6) is 0.941. The molecule has 0 spiro atoms. The van der Waals surface area contributed by atoms with Crippen molar-refractivity contribution in [1.82, 2.24) is 20.7 Å². The zero-order chi connectivity index (χ0) is 22.9. The molecule has 9 heteroatoms. The molecule has 1 aromatic heterocycles. The van der Waals surface area contributed by atoms with Crippen LogP contribution in [0.3, 0.4) is 0 Å². The van der Waals surface area contributed by atoms with Crippen LogP contribution in [0.25, 0.3) is 10.6 Å². The number of rotatable bonds is 8. The summed E-state index contributed by atoms with van der Waals surface area (Å²) < 4.78 is 10.7. The molecule has 0 fully saturated rings. The summed E-state index contributed by atoms with van der Waals surface area (Å²) >= 11 is 1.38. The van der Waals surface area contributed by atoms with Crippen molar-refractivity contribution in [1.29, 1.82) is 0 Å². The van der Waals surface area contributed by atoms with Crippen molar-refractivity contribution in [3.8, 4) is 22.1 Å². The fourth-order valence-corrected chi connectivity index (χ4v) is 3.54. The fraction of sp³-hybridized carbons (Fsp3) is 0.261. The molecule has 8 nitrogen and oxygen atoms in total. The molecule has 168 valence electrons. The van der Waals surface area contributed by atoms with Gasteiger partial charge in [0.15, 0.2) is 0 Å². The van der Waals surface area contributed by atoms with Gasteiger partial charge in [-0.2, -0.15) is 0 Å². The molecular formula is C23H26N4O4S. The number of ether oxygens (including phenoxy) is 2. The number of thiazole rings is 1. The van der Waals surface area contributed by atoms with Gasteiger partial charge in [-0.15, -0.1) is 11.3 Å². The molecule has 3 aromatic rings. The Morgan fingerprint density at radius 2 is 1.72 bits per heavy atom. The summed E-state index contributed by atoms with van der Waals surface area (Å²) in [6.45, 7) is 2.74. The van der Waals surface area contributed by atoms with Crippen LogP contribution in [0.5, 0.6) is 11.5 Å². The minimum absolute atomic E-state index is 0.246. The van der Waals surface area contributed by atoms with E-state index in [1.165, 1.54) is 21.8 Å². The van der Waals surface area contributed by atoms with Crippen molar-refractivity contribution in [2.24, 2.45) is 0 Å². The van der Waals surface area contributed by atoms with Gasteiger partial charge in [0.25, 0.3) is 5.91 Å². The number of methoxy groups -OCH3 is 1. The molecular weight excluding hydrogens is 428 g/mol. The van der Waals surface area contributed by atoms with Gasteiger partial charge in [0.05, 0.1) is 13.7 Å². The number of aryl methyl sites for hydroxylation is 1. The van der Waals surface area contributed by atoms with E-state index in [-0.39, 0.29) is 5.69 Å². The molecule has 1 heterocycles. The third-order valence-electron chi connectivity index (χ3n) is 4.73. The number of hydrogen-bond donors (Lipinski definition) is 2. The Morgan fingerprint density at radius 3 is 2.38 bits per heavy atom. The molecule has 3 amide bonds. The van der Waals surface area contributed by atoms with E-state index in [1.54, 1.807) is 43.8 Å². The highest BCUT2D eigenvalue weighted by molar-refractivity contribution is 7.13. The number of carbonyl (C=O) groups excluding carboxylic acids is 2. The van der Waals surface area contributed by atoms with Crippen LogP contribution in [0.4, 0.5) is 4.79 Å². The van der Waals surface area contributed by atoms with Crippen molar-refractivity contribution in [3.63, 3.8) is 0 Å². The average Bonchev–Trinajstić information content (AvgIpc) is 3.33. The molecule has 0 aliphatic heterocycles. The number of amides is 3. The van der Waals surface area contributed by atoms with Crippen LogP contribution < -0.4 is 20.3 Å². The van der Waals surface area contributed by atoms with Crippen LogP contribution in [0, 0.1) is 0 Å². The maximum atomic E-state index is 12.3. The lowest BCUT2D eigenvalue weighted by atomic mass is 10.1. The van der Waals surface area contributed by atoms with Crippen LogP contribution in [0.15, 0.2) is 53.9 Å². The van der Waals surface area contributed by atoms with Crippen molar-refractivity contribution < 1.29 is 19.1 Å². The van der Waals surface area contributed by atoms with Crippen LogP contribution in [0.1, 0.15) is 23.0 Å². The molecule has 2 aromatic carbocycles. The first-order chi connectivity index (χ1) is 15.5.